The molecule has 0 heterocycles. The Labute approximate surface area is 114 Å². The molecule has 0 N–H and O–H groups in total. The third-order valence-electron chi connectivity index (χ3n) is 2.95. The van der Waals surface area contributed by atoms with Crippen LogP contribution in [-0.2, 0) is 11.3 Å². The highest BCUT2D eigenvalue weighted by molar-refractivity contribution is 9.10. The first-order valence-corrected chi connectivity index (χ1v) is 7.36. The molecule has 1 aliphatic carbocycles. The number of ether oxygens (including phenoxy) is 1. The Kier molecular flexibility index (Phi) is 4.90. The summed E-state index contributed by atoms with van der Waals surface area (Å²) in [4.78, 5) is 0. The van der Waals surface area contributed by atoms with E-state index in [1.165, 1.54) is 17.3 Å². The minimum Gasteiger partial charge on any atom is -0.374 e. The van der Waals surface area contributed by atoms with Crippen LogP contribution >= 0.6 is 27.7 Å². The molecule has 2 rings (SSSR count). The third kappa shape index (κ3) is 4.02. The van der Waals surface area contributed by atoms with Gasteiger partial charge in [0.2, 0.25) is 0 Å². The summed E-state index contributed by atoms with van der Waals surface area (Å²) in [5.41, 5.74) is 1.20. The Morgan fingerprint density at radius 3 is 2.82 bits per heavy atom. The van der Waals surface area contributed by atoms with Crippen LogP contribution < -0.4 is 0 Å². The van der Waals surface area contributed by atoms with Crippen LogP contribution in [0.4, 0.5) is 0 Å². The van der Waals surface area contributed by atoms with Gasteiger partial charge in [0.1, 0.15) is 5.40 Å². The molecule has 1 aliphatic rings. The SMILES string of the molecule is N#CS[C@@H]1CC[C@@H](OCc2ccc(Br)cc2)C1. The highest BCUT2D eigenvalue weighted by atomic mass is 79.9. The lowest BCUT2D eigenvalue weighted by Crippen LogP contribution is -2.08. The number of nitrogens with zero attached hydrogens (tertiary/aromatic N) is 1. The van der Waals surface area contributed by atoms with E-state index in [1.807, 2.05) is 12.1 Å². The maximum Gasteiger partial charge on any atom is 0.133 e. The largest absolute Gasteiger partial charge is 0.374 e. The predicted molar refractivity (Wildman–Crippen MR) is 73.6 cm³/mol. The van der Waals surface area contributed by atoms with Crippen molar-refractivity contribution < 1.29 is 4.74 Å². The number of hydrogen-bond donors (Lipinski definition) is 0. The second kappa shape index (κ2) is 6.44. The first kappa shape index (κ1) is 12.9. The standard InChI is InChI=1S/C13H14BrNOS/c14-11-3-1-10(2-4-11)8-16-12-5-6-13(7-12)17-9-15/h1-4,12-13H,5-8H2/t12-,13-/m1/s1. The molecular weight excluding hydrogens is 298 g/mol. The molecule has 0 spiro atoms. The molecule has 90 valence electrons. The van der Waals surface area contributed by atoms with Crippen LogP contribution in [0.3, 0.4) is 0 Å². The maximum atomic E-state index is 8.61. The quantitative estimate of drug-likeness (QED) is 0.785. The van der Waals surface area contributed by atoms with Crippen molar-refractivity contribution in [3.8, 4) is 5.40 Å². The summed E-state index contributed by atoms with van der Waals surface area (Å²) in [7, 11) is 0. The topological polar surface area (TPSA) is 33.0 Å². The van der Waals surface area contributed by atoms with Crippen LogP contribution in [0.1, 0.15) is 24.8 Å². The average molecular weight is 312 g/mol. The lowest BCUT2D eigenvalue weighted by Gasteiger charge is -2.11. The first-order chi connectivity index (χ1) is 8.28. The molecule has 2 nitrogen and oxygen atoms in total. The van der Waals surface area contributed by atoms with E-state index in [0.717, 1.165) is 23.7 Å². The summed E-state index contributed by atoms with van der Waals surface area (Å²) < 4.78 is 6.96. The second-order valence-corrected chi connectivity index (χ2v) is 6.20. The molecule has 1 saturated carbocycles. The van der Waals surface area contributed by atoms with E-state index in [9.17, 15) is 0 Å². The van der Waals surface area contributed by atoms with Crippen molar-refractivity contribution in [3.63, 3.8) is 0 Å². The minimum absolute atomic E-state index is 0.324. The Hall–Kier alpha value is -0.500. The van der Waals surface area contributed by atoms with E-state index < -0.39 is 0 Å². The first-order valence-electron chi connectivity index (χ1n) is 5.68. The van der Waals surface area contributed by atoms with Crippen molar-refractivity contribution in [2.75, 3.05) is 0 Å². The van der Waals surface area contributed by atoms with Crippen molar-refractivity contribution in [2.45, 2.75) is 37.2 Å². The number of nitriles is 1. The van der Waals surface area contributed by atoms with Gasteiger partial charge in [-0.2, -0.15) is 5.26 Å². The van der Waals surface area contributed by atoms with Gasteiger partial charge in [-0.1, -0.05) is 28.1 Å². The van der Waals surface area contributed by atoms with Gasteiger partial charge in [-0.05, 0) is 48.7 Å². The fraction of sp³-hybridized carbons (Fsp3) is 0.462. The molecular formula is C13H14BrNOS. The van der Waals surface area contributed by atoms with Crippen LogP contribution in [0.15, 0.2) is 28.7 Å². The molecule has 17 heavy (non-hydrogen) atoms. The number of rotatable bonds is 4. The number of halogens is 1. The molecule has 2 atom stereocenters. The molecule has 0 aromatic heterocycles. The Bertz CT molecular complexity index is 401. The Morgan fingerprint density at radius 1 is 1.35 bits per heavy atom. The smallest absolute Gasteiger partial charge is 0.133 e. The van der Waals surface area contributed by atoms with Crippen molar-refractivity contribution in [1.82, 2.24) is 0 Å². The molecule has 0 bridgehead atoms. The van der Waals surface area contributed by atoms with Crippen LogP contribution in [0, 0.1) is 10.7 Å². The molecule has 0 radical (unpaired) electrons. The summed E-state index contributed by atoms with van der Waals surface area (Å²) in [6.45, 7) is 0.669. The van der Waals surface area contributed by atoms with Gasteiger partial charge in [0.15, 0.2) is 0 Å². The van der Waals surface area contributed by atoms with E-state index in [0.29, 0.717) is 18.0 Å². The molecule has 0 aliphatic heterocycles. The molecule has 0 unspecified atom stereocenters. The zero-order chi connectivity index (χ0) is 12.1. The van der Waals surface area contributed by atoms with Gasteiger partial charge >= 0.3 is 0 Å². The summed E-state index contributed by atoms with van der Waals surface area (Å²) in [6, 6.07) is 8.20. The lowest BCUT2D eigenvalue weighted by atomic mass is 10.2. The van der Waals surface area contributed by atoms with Crippen LogP contribution in [0.2, 0.25) is 0 Å². The molecule has 0 amide bonds. The van der Waals surface area contributed by atoms with Gasteiger partial charge < -0.3 is 4.74 Å². The average Bonchev–Trinajstić information content (AvgIpc) is 2.77. The summed E-state index contributed by atoms with van der Waals surface area (Å²) in [5, 5.41) is 11.2. The molecule has 1 aromatic rings. The van der Waals surface area contributed by atoms with Crippen LogP contribution in [0.5, 0.6) is 0 Å². The summed E-state index contributed by atoms with van der Waals surface area (Å²) in [5.74, 6) is 0. The monoisotopic (exact) mass is 311 g/mol. The fourth-order valence-electron chi connectivity index (χ4n) is 2.03. The molecule has 1 aromatic carbocycles. The van der Waals surface area contributed by atoms with Gasteiger partial charge in [0, 0.05) is 9.72 Å². The summed E-state index contributed by atoms with van der Waals surface area (Å²) in [6.07, 6.45) is 3.51. The van der Waals surface area contributed by atoms with E-state index in [-0.39, 0.29) is 0 Å². The number of hydrogen-bond acceptors (Lipinski definition) is 3. The van der Waals surface area contributed by atoms with Gasteiger partial charge in [0.05, 0.1) is 12.7 Å². The lowest BCUT2D eigenvalue weighted by molar-refractivity contribution is 0.0460. The highest BCUT2D eigenvalue weighted by Crippen LogP contribution is 2.31. The van der Waals surface area contributed by atoms with Gasteiger partial charge in [0.25, 0.3) is 0 Å². The van der Waals surface area contributed by atoms with E-state index in [1.54, 1.807) is 0 Å². The number of thiocyanates is 1. The van der Waals surface area contributed by atoms with Crippen molar-refractivity contribution in [2.24, 2.45) is 0 Å². The van der Waals surface area contributed by atoms with Gasteiger partial charge in [-0.25, -0.2) is 0 Å². The van der Waals surface area contributed by atoms with Gasteiger partial charge in [-0.3, -0.25) is 0 Å². The third-order valence-corrected chi connectivity index (χ3v) is 4.35. The molecule has 1 fully saturated rings. The maximum absolute atomic E-state index is 8.61. The normalized spacial score (nSPS) is 23.5. The van der Waals surface area contributed by atoms with E-state index in [4.69, 9.17) is 10.00 Å². The van der Waals surface area contributed by atoms with E-state index >= 15 is 0 Å². The predicted octanol–water partition coefficient (Wildman–Crippen LogP) is 4.10. The molecule has 4 heteroatoms. The zero-order valence-corrected chi connectivity index (χ0v) is 11.8. The molecule has 0 saturated heterocycles. The van der Waals surface area contributed by atoms with Gasteiger partial charge in [-0.15, -0.1) is 0 Å². The number of benzene rings is 1. The van der Waals surface area contributed by atoms with Crippen LogP contribution in [0.25, 0.3) is 0 Å². The number of thioether (sulfide) groups is 1. The zero-order valence-electron chi connectivity index (χ0n) is 9.43. The van der Waals surface area contributed by atoms with Crippen molar-refractivity contribution >= 4 is 27.7 Å². The highest BCUT2D eigenvalue weighted by Gasteiger charge is 2.25. The minimum atomic E-state index is 0.324. The second-order valence-electron chi connectivity index (χ2n) is 4.20. The Balaban J connectivity index is 1.76. The van der Waals surface area contributed by atoms with E-state index in [2.05, 4.69) is 33.5 Å². The summed E-state index contributed by atoms with van der Waals surface area (Å²) >= 11 is 4.80. The Morgan fingerprint density at radius 2 is 2.12 bits per heavy atom. The van der Waals surface area contributed by atoms with Crippen molar-refractivity contribution in [3.05, 3.63) is 34.3 Å². The fourth-order valence-corrected chi connectivity index (χ4v) is 3.01. The van der Waals surface area contributed by atoms with Crippen molar-refractivity contribution in [1.29, 1.82) is 5.26 Å². The van der Waals surface area contributed by atoms with Crippen LogP contribution in [-0.4, -0.2) is 11.4 Å².